The highest BCUT2D eigenvalue weighted by molar-refractivity contribution is 6.01. The molecule has 2 amide bonds. The van der Waals surface area contributed by atoms with Crippen molar-refractivity contribution in [2.75, 3.05) is 24.2 Å². The lowest BCUT2D eigenvalue weighted by Gasteiger charge is -2.16. The van der Waals surface area contributed by atoms with Crippen LogP contribution in [0.1, 0.15) is 10.4 Å². The largest absolute Gasteiger partial charge is 0.368 e. The number of carbonyl (C=O) groups is 2. The van der Waals surface area contributed by atoms with Gasteiger partial charge in [0.1, 0.15) is 6.04 Å². The first-order chi connectivity index (χ1) is 18.5. The van der Waals surface area contributed by atoms with Crippen molar-refractivity contribution in [3.63, 3.8) is 0 Å². The van der Waals surface area contributed by atoms with Crippen LogP contribution in [-0.2, 0) is 4.79 Å². The van der Waals surface area contributed by atoms with Crippen molar-refractivity contribution in [2.45, 2.75) is 6.04 Å². The van der Waals surface area contributed by atoms with E-state index in [2.05, 4.69) is 40.9 Å². The summed E-state index contributed by atoms with van der Waals surface area (Å²) in [6.45, 7) is 0.0252. The van der Waals surface area contributed by atoms with Gasteiger partial charge in [0.15, 0.2) is 0 Å². The van der Waals surface area contributed by atoms with Crippen molar-refractivity contribution in [2.24, 2.45) is 5.73 Å². The Balaban J connectivity index is 1.28. The van der Waals surface area contributed by atoms with Gasteiger partial charge in [-0.1, -0.05) is 30.3 Å². The molecule has 11 heteroatoms. The minimum atomic E-state index is -0.982. The molecule has 5 rings (SSSR count). The fraction of sp³-hybridized carbons (Fsp3) is 0.111. The predicted octanol–water partition coefficient (Wildman–Crippen LogP) is 2.82. The topological polar surface area (TPSA) is 164 Å². The molecule has 38 heavy (non-hydrogen) atoms. The lowest BCUT2D eigenvalue weighted by molar-refractivity contribution is -0.119. The van der Waals surface area contributed by atoms with E-state index >= 15 is 0 Å². The summed E-state index contributed by atoms with van der Waals surface area (Å²) >= 11 is 0. The van der Waals surface area contributed by atoms with E-state index in [0.717, 1.165) is 27.9 Å². The Bertz CT molecular complexity index is 1600. The second-order valence-corrected chi connectivity index (χ2v) is 8.44. The molecule has 0 spiro atoms. The van der Waals surface area contributed by atoms with Crippen LogP contribution in [0.15, 0.2) is 79.1 Å². The average molecular weight is 508 g/mol. The first-order valence-electron chi connectivity index (χ1n) is 11.9. The fourth-order valence-electron chi connectivity index (χ4n) is 3.91. The molecule has 0 aliphatic rings. The summed E-state index contributed by atoms with van der Waals surface area (Å²) in [6, 6.07) is 19.4. The number of nitrogens with zero attached hydrogens (tertiary/aromatic N) is 4. The van der Waals surface area contributed by atoms with Crippen LogP contribution in [0.2, 0.25) is 0 Å². The van der Waals surface area contributed by atoms with Gasteiger partial charge in [0.05, 0.1) is 17.1 Å². The standard InChI is InChI=1S/C27H25N9O2/c1-29-26-30-12-10-21(36-26)22-14-18-13-17(7-8-19(18)33-22)25(38)34-23(24(28)37)15-32-27-31-11-9-20(35-27)16-5-3-2-4-6-16/h2-14,23,33H,15H2,1H3,(H2,28,37)(H,34,38)(H,29,30,36)(H,31,32,35). The molecule has 0 aliphatic heterocycles. The maximum atomic E-state index is 13.0. The van der Waals surface area contributed by atoms with Crippen LogP contribution in [0.3, 0.4) is 0 Å². The van der Waals surface area contributed by atoms with Gasteiger partial charge >= 0.3 is 0 Å². The highest BCUT2D eigenvalue weighted by Gasteiger charge is 2.20. The van der Waals surface area contributed by atoms with Crippen LogP contribution in [0.5, 0.6) is 0 Å². The lowest BCUT2D eigenvalue weighted by Crippen LogP contribution is -2.48. The highest BCUT2D eigenvalue weighted by atomic mass is 16.2. The predicted molar refractivity (Wildman–Crippen MR) is 145 cm³/mol. The van der Waals surface area contributed by atoms with Gasteiger partial charge in [-0.25, -0.2) is 19.9 Å². The normalized spacial score (nSPS) is 11.6. The molecule has 6 N–H and O–H groups in total. The van der Waals surface area contributed by atoms with Crippen molar-refractivity contribution in [1.29, 1.82) is 0 Å². The molecule has 2 aromatic carbocycles. The molecule has 0 saturated carbocycles. The number of hydrogen-bond acceptors (Lipinski definition) is 8. The highest BCUT2D eigenvalue weighted by Crippen LogP contribution is 2.24. The van der Waals surface area contributed by atoms with E-state index < -0.39 is 17.9 Å². The van der Waals surface area contributed by atoms with Crippen LogP contribution in [-0.4, -0.2) is 56.4 Å². The fourth-order valence-corrected chi connectivity index (χ4v) is 3.91. The zero-order valence-corrected chi connectivity index (χ0v) is 20.5. The molecule has 0 fully saturated rings. The Morgan fingerprint density at radius 3 is 2.42 bits per heavy atom. The van der Waals surface area contributed by atoms with Gasteiger partial charge in [0, 0.05) is 48.0 Å². The zero-order valence-electron chi connectivity index (χ0n) is 20.5. The summed E-state index contributed by atoms with van der Waals surface area (Å²) in [5.41, 5.74) is 9.96. The Kier molecular flexibility index (Phi) is 6.89. The first-order valence-corrected chi connectivity index (χ1v) is 11.9. The number of fused-ring (bicyclic) bond motifs is 1. The minimum Gasteiger partial charge on any atom is -0.368 e. The molecule has 0 radical (unpaired) electrons. The number of primary amides is 1. The van der Waals surface area contributed by atoms with Crippen molar-refractivity contribution in [3.8, 4) is 22.6 Å². The van der Waals surface area contributed by atoms with E-state index in [1.807, 2.05) is 36.4 Å². The molecule has 3 heterocycles. The van der Waals surface area contributed by atoms with Gasteiger partial charge in [-0.05, 0) is 36.4 Å². The van der Waals surface area contributed by atoms with Gasteiger partial charge in [-0.3, -0.25) is 9.59 Å². The Hall–Kier alpha value is -5.32. The third-order valence-electron chi connectivity index (χ3n) is 5.88. The van der Waals surface area contributed by atoms with Gasteiger partial charge in [0.25, 0.3) is 5.91 Å². The van der Waals surface area contributed by atoms with E-state index in [1.165, 1.54) is 0 Å². The summed E-state index contributed by atoms with van der Waals surface area (Å²) in [5, 5.41) is 9.42. The molecule has 5 aromatic rings. The van der Waals surface area contributed by atoms with Crippen LogP contribution in [0, 0.1) is 0 Å². The van der Waals surface area contributed by atoms with Crippen molar-refractivity contribution in [3.05, 3.63) is 84.7 Å². The molecular formula is C27H25N9O2. The molecule has 190 valence electrons. The number of anilines is 2. The van der Waals surface area contributed by atoms with Gasteiger partial charge < -0.3 is 26.7 Å². The third-order valence-corrected chi connectivity index (χ3v) is 5.88. The Morgan fingerprint density at radius 1 is 0.921 bits per heavy atom. The molecule has 0 aliphatic carbocycles. The number of aromatic amines is 1. The van der Waals surface area contributed by atoms with Crippen LogP contribution in [0.25, 0.3) is 33.5 Å². The van der Waals surface area contributed by atoms with E-state index in [0.29, 0.717) is 23.2 Å². The number of hydrogen-bond donors (Lipinski definition) is 5. The number of carbonyl (C=O) groups excluding carboxylic acids is 2. The van der Waals surface area contributed by atoms with E-state index in [1.54, 1.807) is 49.8 Å². The average Bonchev–Trinajstić information content (AvgIpc) is 3.39. The molecule has 11 nitrogen and oxygen atoms in total. The summed E-state index contributed by atoms with van der Waals surface area (Å²) in [5.74, 6) is -0.290. The summed E-state index contributed by atoms with van der Waals surface area (Å²) in [7, 11) is 1.75. The second-order valence-electron chi connectivity index (χ2n) is 8.44. The van der Waals surface area contributed by atoms with Gasteiger partial charge in [-0.15, -0.1) is 0 Å². The molecule has 3 aromatic heterocycles. The van der Waals surface area contributed by atoms with Crippen molar-refractivity contribution < 1.29 is 9.59 Å². The Labute approximate surface area is 218 Å². The maximum absolute atomic E-state index is 13.0. The monoisotopic (exact) mass is 507 g/mol. The molecule has 1 atom stereocenters. The number of nitrogens with two attached hydrogens (primary N) is 1. The maximum Gasteiger partial charge on any atom is 0.252 e. The third kappa shape index (κ3) is 5.41. The van der Waals surface area contributed by atoms with Crippen LogP contribution in [0.4, 0.5) is 11.9 Å². The smallest absolute Gasteiger partial charge is 0.252 e. The lowest BCUT2D eigenvalue weighted by atomic mass is 10.1. The number of nitrogens with one attached hydrogen (secondary N) is 4. The summed E-state index contributed by atoms with van der Waals surface area (Å²) < 4.78 is 0. The number of rotatable bonds is 9. The number of benzene rings is 2. The SMILES string of the molecule is CNc1nccc(-c2cc3cc(C(=O)NC(CNc4nccc(-c5ccccc5)n4)C(N)=O)ccc3[nH]2)n1. The van der Waals surface area contributed by atoms with Gasteiger partial charge in [-0.2, -0.15) is 0 Å². The number of aromatic nitrogens is 5. The molecule has 0 saturated heterocycles. The van der Waals surface area contributed by atoms with Crippen molar-refractivity contribution in [1.82, 2.24) is 30.2 Å². The summed E-state index contributed by atoms with van der Waals surface area (Å²) in [6.07, 6.45) is 3.29. The quantitative estimate of drug-likeness (QED) is 0.203. The molecule has 1 unspecified atom stereocenters. The van der Waals surface area contributed by atoms with Crippen LogP contribution >= 0.6 is 0 Å². The molecule has 0 bridgehead atoms. The number of H-pyrrole nitrogens is 1. The number of amides is 2. The second kappa shape index (κ2) is 10.7. The van der Waals surface area contributed by atoms with E-state index in [4.69, 9.17) is 5.73 Å². The van der Waals surface area contributed by atoms with Crippen LogP contribution < -0.4 is 21.7 Å². The first kappa shape index (κ1) is 24.4. The Morgan fingerprint density at radius 2 is 1.66 bits per heavy atom. The van der Waals surface area contributed by atoms with Crippen molar-refractivity contribution >= 4 is 34.6 Å². The van der Waals surface area contributed by atoms with E-state index in [9.17, 15) is 9.59 Å². The minimum absolute atomic E-state index is 0.0252. The zero-order chi connectivity index (χ0) is 26.5. The van der Waals surface area contributed by atoms with E-state index in [-0.39, 0.29) is 6.54 Å². The molecular weight excluding hydrogens is 482 g/mol. The van der Waals surface area contributed by atoms with Gasteiger partial charge in [0.2, 0.25) is 17.8 Å². The summed E-state index contributed by atoms with van der Waals surface area (Å²) in [4.78, 5) is 45.6.